The number of carbonyl (C=O) groups excluding carboxylic acids is 3. The predicted octanol–water partition coefficient (Wildman–Crippen LogP) is 10.8. The molecule has 0 unspecified atom stereocenters. The lowest BCUT2D eigenvalue weighted by atomic mass is 9.91. The Morgan fingerprint density at radius 1 is 0.255 bits per heavy atom. The molecule has 0 heterocycles. The molecule has 0 aromatic heterocycles. The van der Waals surface area contributed by atoms with Crippen molar-refractivity contribution >= 4 is 17.3 Å². The first-order valence-electron chi connectivity index (χ1n) is 16.1. The summed E-state index contributed by atoms with van der Waals surface area (Å²) in [6.45, 7) is 0. The topological polar surface area (TPSA) is 51.2 Å². The Morgan fingerprint density at radius 3 is 0.627 bits per heavy atom. The van der Waals surface area contributed by atoms with Gasteiger partial charge in [0, 0.05) is 33.4 Å². The van der Waals surface area contributed by atoms with Crippen molar-refractivity contribution in [2.45, 2.75) is 0 Å². The van der Waals surface area contributed by atoms with Crippen molar-refractivity contribution in [2.24, 2.45) is 0 Å². The maximum atomic E-state index is 13.4. The quantitative estimate of drug-likeness (QED) is 0.143. The Labute approximate surface area is 292 Å². The van der Waals surface area contributed by atoms with Gasteiger partial charge in [-0.05, 0) is 124 Å². The summed E-state index contributed by atoms with van der Waals surface area (Å²) >= 11 is 0. The molecule has 7 rings (SSSR count). The van der Waals surface area contributed by atoms with E-state index in [0.29, 0.717) is 33.4 Å². The van der Waals surface area contributed by atoms with Gasteiger partial charge < -0.3 is 0 Å². The Kier molecular flexibility index (Phi) is 9.06. The number of hydrogen-bond donors (Lipinski definition) is 0. The van der Waals surface area contributed by atoms with E-state index in [1.165, 1.54) is 72.8 Å². The molecular formula is C45H27F3O3. The summed E-state index contributed by atoms with van der Waals surface area (Å²) in [4.78, 5) is 39.1. The van der Waals surface area contributed by atoms with E-state index in [9.17, 15) is 27.6 Å². The van der Waals surface area contributed by atoms with Gasteiger partial charge in [0.05, 0.1) is 0 Å². The van der Waals surface area contributed by atoms with Crippen LogP contribution in [0.5, 0.6) is 0 Å². The van der Waals surface area contributed by atoms with E-state index in [-0.39, 0.29) is 17.3 Å². The minimum atomic E-state index is -0.416. The molecule has 0 saturated carbocycles. The van der Waals surface area contributed by atoms with Crippen LogP contribution in [0.2, 0.25) is 0 Å². The van der Waals surface area contributed by atoms with Gasteiger partial charge >= 0.3 is 0 Å². The first-order chi connectivity index (χ1) is 24.7. The van der Waals surface area contributed by atoms with Crippen LogP contribution in [0.3, 0.4) is 0 Å². The largest absolute Gasteiger partial charge is 0.289 e. The SMILES string of the molecule is O=C(c1ccc(F)cc1)c1ccc(-c2cc(-c3ccc(C(=O)c4ccc(F)cc4)cc3)cc(-c3ccc(C(=O)c4ccc(F)cc4)cc3)c2)cc1. The van der Waals surface area contributed by atoms with Crippen molar-refractivity contribution < 1.29 is 27.6 Å². The van der Waals surface area contributed by atoms with Gasteiger partial charge in [0.25, 0.3) is 0 Å². The summed E-state index contributed by atoms with van der Waals surface area (Å²) in [6.07, 6.45) is 0. The van der Waals surface area contributed by atoms with Crippen LogP contribution in [0.15, 0.2) is 164 Å². The Bertz CT molecular complexity index is 2090. The van der Waals surface area contributed by atoms with E-state index in [4.69, 9.17) is 0 Å². The molecule has 3 nitrogen and oxygen atoms in total. The van der Waals surface area contributed by atoms with Crippen molar-refractivity contribution in [3.8, 4) is 33.4 Å². The zero-order chi connectivity index (χ0) is 35.5. The lowest BCUT2D eigenvalue weighted by Crippen LogP contribution is -2.01. The number of ketones is 3. The highest BCUT2D eigenvalue weighted by atomic mass is 19.1. The average Bonchev–Trinajstić information content (AvgIpc) is 3.18. The second-order valence-corrected chi connectivity index (χ2v) is 12.0. The van der Waals surface area contributed by atoms with Crippen LogP contribution in [-0.4, -0.2) is 17.3 Å². The summed E-state index contributed by atoms with van der Waals surface area (Å²) in [7, 11) is 0. The van der Waals surface area contributed by atoms with Crippen molar-refractivity contribution in [1.29, 1.82) is 0 Å². The van der Waals surface area contributed by atoms with E-state index in [1.807, 2.05) is 54.6 Å². The number of rotatable bonds is 9. The highest BCUT2D eigenvalue weighted by Crippen LogP contribution is 2.34. The van der Waals surface area contributed by atoms with E-state index >= 15 is 0 Å². The summed E-state index contributed by atoms with van der Waals surface area (Å²) < 4.78 is 40.2. The van der Waals surface area contributed by atoms with Gasteiger partial charge in [0.15, 0.2) is 17.3 Å². The van der Waals surface area contributed by atoms with Crippen LogP contribution in [-0.2, 0) is 0 Å². The van der Waals surface area contributed by atoms with Gasteiger partial charge in [-0.3, -0.25) is 14.4 Å². The predicted molar refractivity (Wildman–Crippen MR) is 192 cm³/mol. The highest BCUT2D eigenvalue weighted by molar-refractivity contribution is 6.10. The summed E-state index contributed by atoms with van der Waals surface area (Å²) in [6, 6.07) is 43.9. The van der Waals surface area contributed by atoms with Crippen LogP contribution in [0, 0.1) is 17.5 Å². The fraction of sp³-hybridized carbons (Fsp3) is 0. The maximum Gasteiger partial charge on any atom is 0.193 e. The zero-order valence-corrected chi connectivity index (χ0v) is 26.9. The molecule has 7 aromatic rings. The van der Waals surface area contributed by atoms with Crippen LogP contribution >= 0.6 is 0 Å². The molecule has 0 N–H and O–H groups in total. The van der Waals surface area contributed by atoms with Crippen molar-refractivity contribution in [2.75, 3.05) is 0 Å². The standard InChI is InChI=1S/C45H27F3O3/c46-40-19-13-34(14-20-40)43(49)31-7-1-28(2-8-31)37-25-38(29-3-9-32(10-4-29)44(50)35-15-21-41(47)22-16-35)27-39(26-37)30-5-11-33(12-6-30)45(51)36-17-23-42(48)24-18-36/h1-27H. The van der Waals surface area contributed by atoms with Crippen molar-refractivity contribution in [3.63, 3.8) is 0 Å². The molecule has 246 valence electrons. The maximum absolute atomic E-state index is 13.4. The molecule has 0 saturated heterocycles. The molecule has 0 aliphatic carbocycles. The van der Waals surface area contributed by atoms with Crippen molar-refractivity contribution in [1.82, 2.24) is 0 Å². The smallest absolute Gasteiger partial charge is 0.193 e. The normalized spacial score (nSPS) is 10.9. The van der Waals surface area contributed by atoms with E-state index in [0.717, 1.165) is 33.4 Å². The number of carbonyl (C=O) groups is 3. The summed E-state index contributed by atoms with van der Waals surface area (Å²) in [5.41, 5.74) is 7.67. The first-order valence-corrected chi connectivity index (χ1v) is 16.1. The molecule has 0 bridgehead atoms. The van der Waals surface area contributed by atoms with Crippen molar-refractivity contribution in [3.05, 3.63) is 215 Å². The molecule has 0 fully saturated rings. The van der Waals surface area contributed by atoms with Gasteiger partial charge in [-0.25, -0.2) is 13.2 Å². The Hall–Kier alpha value is -6.66. The fourth-order valence-electron chi connectivity index (χ4n) is 5.87. The minimum Gasteiger partial charge on any atom is -0.289 e. The molecule has 7 aromatic carbocycles. The monoisotopic (exact) mass is 672 g/mol. The molecule has 0 aliphatic heterocycles. The summed E-state index contributed by atoms with van der Waals surface area (Å²) in [5, 5.41) is 0. The Balaban J connectivity index is 1.23. The third-order valence-corrected chi connectivity index (χ3v) is 8.69. The van der Waals surface area contributed by atoms with Gasteiger partial charge in [0.1, 0.15) is 17.5 Å². The van der Waals surface area contributed by atoms with E-state index < -0.39 is 17.5 Å². The second-order valence-electron chi connectivity index (χ2n) is 12.0. The van der Waals surface area contributed by atoms with Gasteiger partial charge in [0.2, 0.25) is 0 Å². The molecule has 0 radical (unpaired) electrons. The molecule has 0 aliphatic rings. The average molecular weight is 673 g/mol. The van der Waals surface area contributed by atoms with Gasteiger partial charge in [-0.15, -0.1) is 0 Å². The fourth-order valence-corrected chi connectivity index (χ4v) is 5.87. The van der Waals surface area contributed by atoms with Crippen LogP contribution in [0.25, 0.3) is 33.4 Å². The number of hydrogen-bond acceptors (Lipinski definition) is 3. The van der Waals surface area contributed by atoms with E-state index in [1.54, 1.807) is 36.4 Å². The van der Waals surface area contributed by atoms with Crippen LogP contribution < -0.4 is 0 Å². The van der Waals surface area contributed by atoms with Gasteiger partial charge in [-0.2, -0.15) is 0 Å². The Morgan fingerprint density at radius 2 is 0.431 bits per heavy atom. The lowest BCUT2D eigenvalue weighted by molar-refractivity contribution is 0.103. The molecule has 0 atom stereocenters. The third kappa shape index (κ3) is 7.21. The lowest BCUT2D eigenvalue weighted by Gasteiger charge is -2.13. The summed E-state index contributed by atoms with van der Waals surface area (Å²) in [5.74, 6) is -1.91. The zero-order valence-electron chi connectivity index (χ0n) is 26.9. The number of halogens is 3. The minimum absolute atomic E-state index is 0.221. The molecule has 0 spiro atoms. The van der Waals surface area contributed by atoms with Crippen LogP contribution in [0.1, 0.15) is 47.8 Å². The molecule has 51 heavy (non-hydrogen) atoms. The van der Waals surface area contributed by atoms with Crippen LogP contribution in [0.4, 0.5) is 13.2 Å². The molecule has 6 heteroatoms. The molecular weight excluding hydrogens is 645 g/mol. The third-order valence-electron chi connectivity index (χ3n) is 8.69. The number of benzene rings is 7. The first kappa shape index (κ1) is 32.9. The molecule has 0 amide bonds. The van der Waals surface area contributed by atoms with E-state index in [2.05, 4.69) is 0 Å². The highest BCUT2D eigenvalue weighted by Gasteiger charge is 2.14. The van der Waals surface area contributed by atoms with Gasteiger partial charge in [-0.1, -0.05) is 72.8 Å². The second kappa shape index (κ2) is 14.1.